The van der Waals surface area contributed by atoms with Crippen molar-refractivity contribution in [3.8, 4) is 0 Å². The van der Waals surface area contributed by atoms with Crippen LogP contribution in [0.5, 0.6) is 0 Å². The molecule has 1 aliphatic heterocycles. The SMILES string of the molecule is C/C=C(\C=C/C(C)C=NC)CNCC1=CC=NC=CC1. The van der Waals surface area contributed by atoms with Crippen molar-refractivity contribution in [1.29, 1.82) is 0 Å². The topological polar surface area (TPSA) is 36.8 Å². The van der Waals surface area contributed by atoms with Gasteiger partial charge in [0, 0.05) is 44.7 Å². The lowest BCUT2D eigenvalue weighted by atomic mass is 10.1. The molecule has 0 amide bonds. The van der Waals surface area contributed by atoms with Crippen molar-refractivity contribution in [2.24, 2.45) is 15.9 Å². The van der Waals surface area contributed by atoms with Crippen molar-refractivity contribution in [3.63, 3.8) is 0 Å². The van der Waals surface area contributed by atoms with Crippen LogP contribution in [0.4, 0.5) is 0 Å². The van der Waals surface area contributed by atoms with Crippen LogP contribution in [0.25, 0.3) is 0 Å². The van der Waals surface area contributed by atoms with Gasteiger partial charge in [0.2, 0.25) is 0 Å². The molecule has 0 spiro atoms. The third-order valence-corrected chi connectivity index (χ3v) is 3.02. The molecule has 1 unspecified atom stereocenters. The highest BCUT2D eigenvalue weighted by molar-refractivity contribution is 5.73. The lowest BCUT2D eigenvalue weighted by molar-refractivity contribution is 0.787. The molecule has 3 nitrogen and oxygen atoms in total. The number of nitrogens with one attached hydrogen (secondary N) is 1. The molecule has 0 saturated heterocycles. The minimum absolute atomic E-state index is 0.376. The number of hydrogen-bond acceptors (Lipinski definition) is 3. The van der Waals surface area contributed by atoms with Crippen LogP contribution < -0.4 is 5.32 Å². The summed E-state index contributed by atoms with van der Waals surface area (Å²) in [5.41, 5.74) is 2.65. The van der Waals surface area contributed by atoms with Crippen LogP contribution in [0, 0.1) is 5.92 Å². The first-order chi connectivity index (χ1) is 9.76. The van der Waals surface area contributed by atoms with Gasteiger partial charge in [0.25, 0.3) is 0 Å². The Balaban J connectivity index is 2.37. The Morgan fingerprint density at radius 3 is 3.15 bits per heavy atom. The number of hydrogen-bond donors (Lipinski definition) is 1. The van der Waals surface area contributed by atoms with E-state index in [2.05, 4.69) is 59.5 Å². The quantitative estimate of drug-likeness (QED) is 0.559. The summed E-state index contributed by atoms with van der Waals surface area (Å²) in [4.78, 5) is 8.14. The predicted octanol–water partition coefficient (Wildman–Crippen LogP) is 3.33. The van der Waals surface area contributed by atoms with E-state index in [9.17, 15) is 0 Å². The van der Waals surface area contributed by atoms with Gasteiger partial charge in [0.05, 0.1) is 0 Å². The van der Waals surface area contributed by atoms with Crippen molar-refractivity contribution < 1.29 is 0 Å². The number of aliphatic imine (C=N–C) groups is 2. The highest BCUT2D eigenvalue weighted by Crippen LogP contribution is 2.05. The highest BCUT2D eigenvalue weighted by atomic mass is 14.8. The smallest absolute Gasteiger partial charge is 0.0273 e. The van der Waals surface area contributed by atoms with Crippen molar-refractivity contribution in [1.82, 2.24) is 5.32 Å². The first-order valence-electron chi connectivity index (χ1n) is 7.09. The number of rotatable bonds is 7. The number of allylic oxidation sites excluding steroid dienone is 4. The molecule has 1 atom stereocenters. The highest BCUT2D eigenvalue weighted by Gasteiger charge is 1.98. The molecule has 1 heterocycles. The molecule has 0 radical (unpaired) electrons. The van der Waals surface area contributed by atoms with Crippen LogP contribution in [0.2, 0.25) is 0 Å². The van der Waals surface area contributed by atoms with Gasteiger partial charge in [-0.1, -0.05) is 36.8 Å². The van der Waals surface area contributed by atoms with Crippen LogP contribution in [-0.2, 0) is 0 Å². The maximum atomic E-state index is 4.10. The van der Waals surface area contributed by atoms with Gasteiger partial charge < -0.3 is 10.3 Å². The minimum atomic E-state index is 0.376. The van der Waals surface area contributed by atoms with Crippen molar-refractivity contribution in [2.75, 3.05) is 20.1 Å². The molecule has 0 aromatic carbocycles. The van der Waals surface area contributed by atoms with Crippen LogP contribution in [0.1, 0.15) is 20.3 Å². The lowest BCUT2D eigenvalue weighted by Gasteiger charge is -2.07. The lowest BCUT2D eigenvalue weighted by Crippen LogP contribution is -2.19. The molecule has 1 rings (SSSR count). The molecule has 20 heavy (non-hydrogen) atoms. The Bertz CT molecular complexity index is 451. The summed E-state index contributed by atoms with van der Waals surface area (Å²) in [6.45, 7) is 5.97. The average Bonchev–Trinajstić information content (AvgIpc) is 2.71. The van der Waals surface area contributed by atoms with Gasteiger partial charge in [-0.05, 0) is 25.0 Å². The van der Waals surface area contributed by atoms with Crippen molar-refractivity contribution >= 4 is 12.4 Å². The van der Waals surface area contributed by atoms with E-state index < -0.39 is 0 Å². The van der Waals surface area contributed by atoms with E-state index in [1.54, 1.807) is 7.05 Å². The number of nitrogens with zero attached hydrogens (tertiary/aromatic N) is 2. The third-order valence-electron chi connectivity index (χ3n) is 3.02. The van der Waals surface area contributed by atoms with E-state index in [0.717, 1.165) is 19.5 Å². The van der Waals surface area contributed by atoms with Gasteiger partial charge in [-0.25, -0.2) is 0 Å². The van der Waals surface area contributed by atoms with Gasteiger partial charge >= 0.3 is 0 Å². The summed E-state index contributed by atoms with van der Waals surface area (Å²) in [5.74, 6) is 0.376. The zero-order chi connectivity index (χ0) is 14.6. The molecular weight excluding hydrogens is 246 g/mol. The zero-order valence-corrected chi connectivity index (χ0v) is 12.7. The molecule has 0 aliphatic carbocycles. The van der Waals surface area contributed by atoms with E-state index >= 15 is 0 Å². The standard InChI is InChI=1S/C17H25N3/c1-4-16(8-7-15(2)12-18-3)13-20-14-17-6-5-10-19-11-9-17/h4-5,7-12,15,20H,6,13-14H2,1-3H3/b8-7-,16-4+,18-12?. The molecular formula is C17H25N3. The zero-order valence-electron chi connectivity index (χ0n) is 12.7. The first kappa shape index (κ1) is 16.3. The Hall–Kier alpha value is -1.74. The van der Waals surface area contributed by atoms with E-state index in [0.29, 0.717) is 5.92 Å². The van der Waals surface area contributed by atoms with Crippen LogP contribution in [-0.4, -0.2) is 32.6 Å². The summed E-state index contributed by atoms with van der Waals surface area (Å²) >= 11 is 0. The Kier molecular flexibility index (Phi) is 8.24. The minimum Gasteiger partial charge on any atom is -0.309 e. The fourth-order valence-corrected chi connectivity index (χ4v) is 1.85. The fraction of sp³-hybridized carbons (Fsp3) is 0.412. The molecule has 1 N–H and O–H groups in total. The van der Waals surface area contributed by atoms with Crippen molar-refractivity contribution in [2.45, 2.75) is 20.3 Å². The average molecular weight is 271 g/mol. The van der Waals surface area contributed by atoms with Gasteiger partial charge in [-0.2, -0.15) is 0 Å². The third kappa shape index (κ3) is 7.00. The summed E-state index contributed by atoms with van der Waals surface area (Å²) in [7, 11) is 1.81. The van der Waals surface area contributed by atoms with E-state index in [1.807, 2.05) is 18.6 Å². The molecule has 0 bridgehead atoms. The summed E-state index contributed by atoms with van der Waals surface area (Å²) < 4.78 is 0. The second-order valence-corrected chi connectivity index (χ2v) is 4.80. The summed E-state index contributed by atoms with van der Waals surface area (Å²) in [6.07, 6.45) is 17.3. The second-order valence-electron chi connectivity index (χ2n) is 4.80. The van der Waals surface area contributed by atoms with Gasteiger partial charge in [-0.3, -0.25) is 4.99 Å². The largest absolute Gasteiger partial charge is 0.309 e. The fourth-order valence-electron chi connectivity index (χ4n) is 1.85. The molecule has 0 aromatic rings. The normalized spacial score (nSPS) is 17.8. The molecule has 0 aromatic heterocycles. The summed E-state index contributed by atoms with van der Waals surface area (Å²) in [5, 5.41) is 3.47. The van der Waals surface area contributed by atoms with Gasteiger partial charge in [0.1, 0.15) is 0 Å². The van der Waals surface area contributed by atoms with Crippen molar-refractivity contribution in [3.05, 3.63) is 47.7 Å². The van der Waals surface area contributed by atoms with Crippen LogP contribution in [0.15, 0.2) is 57.7 Å². The Morgan fingerprint density at radius 1 is 1.55 bits per heavy atom. The molecule has 0 saturated carbocycles. The monoisotopic (exact) mass is 271 g/mol. The predicted molar refractivity (Wildman–Crippen MR) is 89.7 cm³/mol. The van der Waals surface area contributed by atoms with Crippen LogP contribution >= 0.6 is 0 Å². The van der Waals surface area contributed by atoms with Crippen LogP contribution in [0.3, 0.4) is 0 Å². The Labute approximate surface area is 122 Å². The maximum Gasteiger partial charge on any atom is 0.0273 e. The molecule has 108 valence electrons. The van der Waals surface area contributed by atoms with E-state index in [-0.39, 0.29) is 0 Å². The summed E-state index contributed by atoms with van der Waals surface area (Å²) in [6, 6.07) is 0. The van der Waals surface area contributed by atoms with E-state index in [1.165, 1.54) is 11.1 Å². The molecule has 1 aliphatic rings. The second kappa shape index (κ2) is 10.1. The van der Waals surface area contributed by atoms with Gasteiger partial charge in [0.15, 0.2) is 0 Å². The van der Waals surface area contributed by atoms with E-state index in [4.69, 9.17) is 0 Å². The first-order valence-corrected chi connectivity index (χ1v) is 7.09. The molecule has 3 heteroatoms. The maximum absolute atomic E-state index is 4.10. The van der Waals surface area contributed by atoms with Gasteiger partial charge in [-0.15, -0.1) is 0 Å². The molecule has 0 fully saturated rings. The Morgan fingerprint density at radius 2 is 2.40 bits per heavy atom.